The van der Waals surface area contributed by atoms with Crippen LogP contribution < -0.4 is 10.4 Å². The molecule has 1 heterocycles. The number of aryl methyl sites for hydroxylation is 2. The van der Waals surface area contributed by atoms with Crippen molar-refractivity contribution in [1.82, 2.24) is 9.55 Å². The highest BCUT2D eigenvalue weighted by molar-refractivity contribution is 5.93. The quantitative estimate of drug-likeness (QED) is 0.434. The molecule has 3 aromatic carbocycles. The van der Waals surface area contributed by atoms with Crippen LogP contribution in [0.25, 0.3) is 22.2 Å². The van der Waals surface area contributed by atoms with Crippen LogP contribution in [0.1, 0.15) is 30.9 Å². The Labute approximate surface area is 176 Å². The second-order valence-corrected chi connectivity index (χ2v) is 7.79. The molecule has 152 valence electrons. The molecule has 4 heteroatoms. The molecule has 0 bridgehead atoms. The lowest BCUT2D eigenvalue weighted by Crippen LogP contribution is -2.25. The van der Waals surface area contributed by atoms with Crippen LogP contribution in [0.2, 0.25) is 0 Å². The van der Waals surface area contributed by atoms with Crippen LogP contribution in [0.4, 0.5) is 0 Å². The zero-order chi connectivity index (χ0) is 21.1. The Morgan fingerprint density at radius 3 is 2.37 bits per heavy atom. The van der Waals surface area contributed by atoms with Crippen molar-refractivity contribution in [2.24, 2.45) is 0 Å². The lowest BCUT2D eigenvalue weighted by molar-refractivity contribution is 0.415. The van der Waals surface area contributed by atoms with Gasteiger partial charge in [-0.3, -0.25) is 4.57 Å². The maximum absolute atomic E-state index is 13.0. The summed E-state index contributed by atoms with van der Waals surface area (Å²) in [5, 5.41) is 0.916. The minimum Gasteiger partial charge on any atom is -0.497 e. The molecule has 0 aliphatic rings. The summed E-state index contributed by atoms with van der Waals surface area (Å²) in [5.41, 5.74) is 4.72. The fourth-order valence-corrected chi connectivity index (χ4v) is 3.73. The molecule has 0 N–H and O–H groups in total. The van der Waals surface area contributed by atoms with Crippen molar-refractivity contribution >= 4 is 10.9 Å². The predicted molar refractivity (Wildman–Crippen MR) is 122 cm³/mol. The van der Waals surface area contributed by atoms with E-state index in [2.05, 4.69) is 43.1 Å². The van der Waals surface area contributed by atoms with Crippen molar-refractivity contribution in [3.05, 3.63) is 94.4 Å². The third-order valence-electron chi connectivity index (χ3n) is 5.51. The normalized spacial score (nSPS) is 11.2. The van der Waals surface area contributed by atoms with Crippen LogP contribution in [0.3, 0.4) is 0 Å². The van der Waals surface area contributed by atoms with Crippen LogP contribution in [-0.2, 0) is 13.0 Å². The molecular formula is C26H26N2O2. The van der Waals surface area contributed by atoms with E-state index in [0.717, 1.165) is 28.6 Å². The van der Waals surface area contributed by atoms with Crippen molar-refractivity contribution in [3.8, 4) is 17.0 Å². The van der Waals surface area contributed by atoms with E-state index < -0.39 is 0 Å². The number of ether oxygens (including phenoxy) is 1. The summed E-state index contributed by atoms with van der Waals surface area (Å²) in [5.74, 6) is 1.20. The Balaban J connectivity index is 1.82. The Hall–Kier alpha value is -3.40. The second kappa shape index (κ2) is 8.54. The summed E-state index contributed by atoms with van der Waals surface area (Å²) in [7, 11) is 1.65. The van der Waals surface area contributed by atoms with Gasteiger partial charge in [-0.2, -0.15) is 4.98 Å². The molecule has 4 nitrogen and oxygen atoms in total. The van der Waals surface area contributed by atoms with E-state index in [0.29, 0.717) is 18.2 Å². The zero-order valence-electron chi connectivity index (χ0n) is 17.6. The van der Waals surface area contributed by atoms with E-state index in [1.54, 1.807) is 11.7 Å². The average molecular weight is 399 g/mol. The number of hydrogen-bond donors (Lipinski definition) is 0. The lowest BCUT2D eigenvalue weighted by atomic mass is 9.99. The molecule has 0 atom stereocenters. The zero-order valence-corrected chi connectivity index (χ0v) is 17.6. The van der Waals surface area contributed by atoms with Gasteiger partial charge in [0.2, 0.25) is 0 Å². The highest BCUT2D eigenvalue weighted by atomic mass is 16.5. The molecule has 0 spiro atoms. The van der Waals surface area contributed by atoms with Crippen LogP contribution >= 0.6 is 0 Å². The van der Waals surface area contributed by atoms with Crippen molar-refractivity contribution in [2.45, 2.75) is 32.7 Å². The van der Waals surface area contributed by atoms with Crippen LogP contribution in [-0.4, -0.2) is 16.7 Å². The number of fused-ring (bicyclic) bond motifs is 1. The molecule has 0 amide bonds. The molecule has 0 saturated carbocycles. The topological polar surface area (TPSA) is 44.1 Å². The molecule has 4 rings (SSSR count). The molecule has 0 aliphatic carbocycles. The van der Waals surface area contributed by atoms with Crippen molar-refractivity contribution in [1.29, 1.82) is 0 Å². The first-order valence-corrected chi connectivity index (χ1v) is 10.3. The standard InChI is InChI=1S/C26H26N2O2/c1-18(2)20-9-11-21(12-10-20)25-23-17-22(30-3)13-14-24(23)28(26(29)27-25)16-15-19-7-5-4-6-8-19/h4-14,17-18H,15-16H2,1-3H3. The maximum Gasteiger partial charge on any atom is 0.348 e. The molecule has 4 aromatic rings. The molecule has 0 aliphatic heterocycles. The van der Waals surface area contributed by atoms with E-state index >= 15 is 0 Å². The number of benzene rings is 3. The molecule has 0 radical (unpaired) electrons. The second-order valence-electron chi connectivity index (χ2n) is 7.79. The fraction of sp³-hybridized carbons (Fsp3) is 0.231. The summed E-state index contributed by atoms with van der Waals surface area (Å²) < 4.78 is 7.21. The number of aromatic nitrogens is 2. The van der Waals surface area contributed by atoms with Gasteiger partial charge in [0.1, 0.15) is 5.75 Å². The highest BCUT2D eigenvalue weighted by Crippen LogP contribution is 2.29. The molecule has 0 saturated heterocycles. The number of nitrogens with zero attached hydrogens (tertiary/aromatic N) is 2. The molecular weight excluding hydrogens is 372 g/mol. The van der Waals surface area contributed by atoms with E-state index in [9.17, 15) is 4.79 Å². The largest absolute Gasteiger partial charge is 0.497 e. The van der Waals surface area contributed by atoms with Gasteiger partial charge < -0.3 is 4.74 Å². The number of methoxy groups -OCH3 is 1. The molecule has 0 unspecified atom stereocenters. The fourth-order valence-electron chi connectivity index (χ4n) is 3.73. The monoisotopic (exact) mass is 398 g/mol. The Morgan fingerprint density at radius 1 is 0.967 bits per heavy atom. The van der Waals surface area contributed by atoms with Gasteiger partial charge in [0.25, 0.3) is 0 Å². The summed E-state index contributed by atoms with van der Waals surface area (Å²) in [6.07, 6.45) is 0.770. The Morgan fingerprint density at radius 2 is 1.70 bits per heavy atom. The SMILES string of the molecule is COc1ccc2c(c1)c(-c1ccc(C(C)C)cc1)nc(=O)n2CCc1ccccc1. The summed E-state index contributed by atoms with van der Waals surface area (Å²) in [6.45, 7) is 4.91. The van der Waals surface area contributed by atoms with Crippen LogP contribution in [0.5, 0.6) is 5.75 Å². The van der Waals surface area contributed by atoms with Gasteiger partial charge in [-0.15, -0.1) is 0 Å². The van der Waals surface area contributed by atoms with Gasteiger partial charge in [-0.25, -0.2) is 4.79 Å². The van der Waals surface area contributed by atoms with Gasteiger partial charge in [0.05, 0.1) is 18.3 Å². The van der Waals surface area contributed by atoms with E-state index in [1.165, 1.54) is 11.1 Å². The van der Waals surface area contributed by atoms with Crippen LogP contribution in [0, 0.1) is 0 Å². The summed E-state index contributed by atoms with van der Waals surface area (Å²) in [6, 6.07) is 24.3. The Kier molecular flexibility index (Phi) is 5.66. The van der Waals surface area contributed by atoms with E-state index in [-0.39, 0.29) is 5.69 Å². The number of hydrogen-bond acceptors (Lipinski definition) is 3. The van der Waals surface area contributed by atoms with Crippen molar-refractivity contribution in [3.63, 3.8) is 0 Å². The first-order valence-electron chi connectivity index (χ1n) is 10.3. The first-order chi connectivity index (χ1) is 14.6. The van der Waals surface area contributed by atoms with Gasteiger partial charge in [0, 0.05) is 17.5 Å². The molecule has 0 fully saturated rings. The van der Waals surface area contributed by atoms with E-state index in [1.807, 2.05) is 48.5 Å². The van der Waals surface area contributed by atoms with Gasteiger partial charge >= 0.3 is 5.69 Å². The first kappa shape index (κ1) is 19.9. The number of rotatable bonds is 6. The van der Waals surface area contributed by atoms with Gasteiger partial charge in [-0.1, -0.05) is 68.4 Å². The minimum absolute atomic E-state index is 0.230. The average Bonchev–Trinajstić information content (AvgIpc) is 2.78. The highest BCUT2D eigenvalue weighted by Gasteiger charge is 2.14. The summed E-state index contributed by atoms with van der Waals surface area (Å²) in [4.78, 5) is 17.5. The Bertz CT molecular complexity index is 1210. The molecule has 30 heavy (non-hydrogen) atoms. The van der Waals surface area contributed by atoms with Crippen molar-refractivity contribution in [2.75, 3.05) is 7.11 Å². The minimum atomic E-state index is -0.230. The summed E-state index contributed by atoms with van der Waals surface area (Å²) >= 11 is 0. The smallest absolute Gasteiger partial charge is 0.348 e. The third kappa shape index (κ3) is 3.99. The van der Waals surface area contributed by atoms with Gasteiger partial charge in [-0.05, 0) is 41.7 Å². The lowest BCUT2D eigenvalue weighted by Gasteiger charge is -2.14. The third-order valence-corrected chi connectivity index (χ3v) is 5.51. The van der Waals surface area contributed by atoms with E-state index in [4.69, 9.17) is 4.74 Å². The predicted octanol–water partition coefficient (Wildman–Crippen LogP) is 5.44. The molecule has 1 aromatic heterocycles. The van der Waals surface area contributed by atoms with Crippen molar-refractivity contribution < 1.29 is 4.74 Å². The maximum atomic E-state index is 13.0. The van der Waals surface area contributed by atoms with Crippen LogP contribution in [0.15, 0.2) is 77.6 Å². The van der Waals surface area contributed by atoms with Gasteiger partial charge in [0.15, 0.2) is 0 Å².